The summed E-state index contributed by atoms with van der Waals surface area (Å²) < 4.78 is 32.3. The summed E-state index contributed by atoms with van der Waals surface area (Å²) in [7, 11) is 0. The van der Waals surface area contributed by atoms with Gasteiger partial charge in [-0.2, -0.15) is 0 Å². The Morgan fingerprint density at radius 3 is 2.41 bits per heavy atom. The zero-order valence-corrected chi connectivity index (χ0v) is 10.3. The molecule has 17 heavy (non-hydrogen) atoms. The van der Waals surface area contributed by atoms with Crippen molar-refractivity contribution in [3.05, 3.63) is 35.6 Å². The van der Waals surface area contributed by atoms with Gasteiger partial charge in [-0.15, -0.1) is 0 Å². The summed E-state index contributed by atoms with van der Waals surface area (Å²) in [5.74, 6) is 0.469. The zero-order chi connectivity index (χ0) is 12.3. The summed E-state index contributed by atoms with van der Waals surface area (Å²) in [5.41, 5.74) is 1.16. The summed E-state index contributed by atoms with van der Waals surface area (Å²) in [6, 6.07) is 6.65. The highest BCUT2D eigenvalue weighted by atomic mass is 32.2. The number of benzene rings is 1. The fourth-order valence-corrected chi connectivity index (χ4v) is 2.86. The smallest absolute Gasteiger partial charge is 0.167 e. The van der Waals surface area contributed by atoms with Crippen LogP contribution in [0.4, 0.5) is 4.39 Å². The maximum atomic E-state index is 12.8. The molecule has 0 saturated carbocycles. The van der Waals surface area contributed by atoms with Crippen molar-refractivity contribution >= 4 is 11.1 Å². The molecule has 3 nitrogen and oxygen atoms in total. The lowest BCUT2D eigenvalue weighted by atomic mass is 9.90. The van der Waals surface area contributed by atoms with Crippen LogP contribution in [0.15, 0.2) is 24.3 Å². The van der Waals surface area contributed by atoms with E-state index in [0.717, 1.165) is 31.5 Å². The molecule has 1 heterocycles. The quantitative estimate of drug-likeness (QED) is 0.844. The van der Waals surface area contributed by atoms with Crippen molar-refractivity contribution < 1.29 is 13.2 Å². The maximum absolute atomic E-state index is 12.8. The molecule has 0 bridgehead atoms. The molecule has 1 aliphatic heterocycles. The van der Waals surface area contributed by atoms with Gasteiger partial charge in [0.1, 0.15) is 11.7 Å². The predicted octanol–water partition coefficient (Wildman–Crippen LogP) is 2.18. The normalized spacial score (nSPS) is 20.4. The van der Waals surface area contributed by atoms with E-state index in [4.69, 9.17) is 4.55 Å². The minimum absolute atomic E-state index is 0.207. The average Bonchev–Trinajstić information content (AvgIpc) is 2.30. The molecule has 1 N–H and O–H groups in total. The van der Waals surface area contributed by atoms with Crippen LogP contribution >= 0.6 is 0 Å². The van der Waals surface area contributed by atoms with Gasteiger partial charge in [0, 0.05) is 0 Å². The third kappa shape index (κ3) is 3.59. The second kappa shape index (κ2) is 5.71. The van der Waals surface area contributed by atoms with Crippen molar-refractivity contribution in [1.29, 1.82) is 0 Å². The van der Waals surface area contributed by atoms with Crippen LogP contribution < -0.4 is 0 Å². The lowest BCUT2D eigenvalue weighted by Crippen LogP contribution is -2.35. The molecule has 1 aliphatic rings. The molecule has 0 radical (unpaired) electrons. The summed E-state index contributed by atoms with van der Waals surface area (Å²) in [6.07, 6.45) is 1.92. The lowest BCUT2D eigenvalue weighted by molar-refractivity contribution is 0.240. The van der Waals surface area contributed by atoms with Crippen LogP contribution in [-0.2, 0) is 11.1 Å². The summed E-state index contributed by atoms with van der Waals surface area (Å²) in [5, 5.41) is 0. The molecule has 0 amide bonds. The maximum Gasteiger partial charge on any atom is 0.167 e. The van der Waals surface area contributed by atoms with Gasteiger partial charge in [0.2, 0.25) is 0 Å². The van der Waals surface area contributed by atoms with E-state index in [0.29, 0.717) is 5.92 Å². The van der Waals surface area contributed by atoms with Crippen molar-refractivity contribution in [1.82, 2.24) is 4.90 Å². The van der Waals surface area contributed by atoms with Gasteiger partial charge in [-0.1, -0.05) is 12.1 Å². The van der Waals surface area contributed by atoms with Gasteiger partial charge < -0.3 is 4.55 Å². The first kappa shape index (κ1) is 12.7. The van der Waals surface area contributed by atoms with Gasteiger partial charge in [-0.05, 0) is 49.5 Å². The van der Waals surface area contributed by atoms with Crippen molar-refractivity contribution in [3.63, 3.8) is 0 Å². The SMILES string of the molecule is O=S(O)CN1CCC(c2ccc(F)cc2)CC1. The van der Waals surface area contributed by atoms with Crippen molar-refractivity contribution in [2.75, 3.05) is 19.0 Å². The first-order valence-electron chi connectivity index (χ1n) is 5.70. The van der Waals surface area contributed by atoms with Gasteiger partial charge in [0.25, 0.3) is 0 Å². The molecule has 1 aromatic carbocycles. The molecule has 0 spiro atoms. The first-order valence-corrected chi connectivity index (χ1v) is 6.98. The highest BCUT2D eigenvalue weighted by molar-refractivity contribution is 7.79. The molecule has 1 aromatic rings. The molecule has 1 fully saturated rings. The van der Waals surface area contributed by atoms with Crippen LogP contribution in [0.5, 0.6) is 0 Å². The number of halogens is 1. The van der Waals surface area contributed by atoms with Gasteiger partial charge >= 0.3 is 0 Å². The average molecular weight is 257 g/mol. The minimum Gasteiger partial charge on any atom is -0.305 e. The fraction of sp³-hybridized carbons (Fsp3) is 0.500. The van der Waals surface area contributed by atoms with E-state index >= 15 is 0 Å². The highest BCUT2D eigenvalue weighted by Crippen LogP contribution is 2.27. The molecule has 0 aromatic heterocycles. The standard InChI is InChI=1S/C12H16FNO2S/c13-12-3-1-10(2-4-12)11-5-7-14(8-6-11)9-17(15)16/h1-4,11H,5-9H2,(H,15,16). The summed E-state index contributed by atoms with van der Waals surface area (Å²) >= 11 is -1.75. The Morgan fingerprint density at radius 2 is 1.88 bits per heavy atom. The first-order chi connectivity index (χ1) is 8.15. The number of nitrogens with zero attached hydrogens (tertiary/aromatic N) is 1. The van der Waals surface area contributed by atoms with Crippen molar-refractivity contribution in [2.45, 2.75) is 18.8 Å². The van der Waals surface area contributed by atoms with E-state index in [-0.39, 0.29) is 11.7 Å². The van der Waals surface area contributed by atoms with Crippen LogP contribution in [0.2, 0.25) is 0 Å². The van der Waals surface area contributed by atoms with E-state index < -0.39 is 11.1 Å². The number of hydrogen-bond acceptors (Lipinski definition) is 2. The molecule has 2 rings (SSSR count). The van der Waals surface area contributed by atoms with E-state index in [9.17, 15) is 8.60 Å². The molecule has 1 unspecified atom stereocenters. The van der Waals surface area contributed by atoms with E-state index in [1.54, 1.807) is 0 Å². The van der Waals surface area contributed by atoms with Crippen LogP contribution in [0.3, 0.4) is 0 Å². The van der Waals surface area contributed by atoms with Crippen LogP contribution in [-0.4, -0.2) is 32.6 Å². The second-order valence-electron chi connectivity index (χ2n) is 4.39. The molecule has 94 valence electrons. The van der Waals surface area contributed by atoms with Gasteiger partial charge in [0.05, 0.1) is 0 Å². The monoisotopic (exact) mass is 257 g/mol. The Balaban J connectivity index is 1.90. The van der Waals surface area contributed by atoms with Crippen molar-refractivity contribution in [2.24, 2.45) is 0 Å². The molecular formula is C12H16FNO2S. The minimum atomic E-state index is -1.75. The van der Waals surface area contributed by atoms with Crippen LogP contribution in [0, 0.1) is 5.82 Å². The largest absolute Gasteiger partial charge is 0.305 e. The summed E-state index contributed by atoms with van der Waals surface area (Å²) in [6.45, 7) is 1.66. The Kier molecular flexibility index (Phi) is 4.25. The van der Waals surface area contributed by atoms with E-state index in [2.05, 4.69) is 0 Å². The summed E-state index contributed by atoms with van der Waals surface area (Å²) in [4.78, 5) is 2.00. The van der Waals surface area contributed by atoms with Crippen LogP contribution in [0.1, 0.15) is 24.3 Å². The predicted molar refractivity (Wildman–Crippen MR) is 65.6 cm³/mol. The zero-order valence-electron chi connectivity index (χ0n) is 9.51. The second-order valence-corrected chi connectivity index (χ2v) is 5.30. The number of piperidine rings is 1. The lowest BCUT2D eigenvalue weighted by Gasteiger charge is -2.31. The van der Waals surface area contributed by atoms with E-state index in [1.807, 2.05) is 17.0 Å². The van der Waals surface area contributed by atoms with Crippen molar-refractivity contribution in [3.8, 4) is 0 Å². The van der Waals surface area contributed by atoms with E-state index in [1.165, 1.54) is 12.1 Å². The molecule has 0 aliphatic carbocycles. The van der Waals surface area contributed by atoms with Gasteiger partial charge in [0.15, 0.2) is 11.1 Å². The fourth-order valence-electron chi connectivity index (χ4n) is 2.29. The van der Waals surface area contributed by atoms with Gasteiger partial charge in [-0.3, -0.25) is 4.90 Å². The third-order valence-electron chi connectivity index (χ3n) is 3.22. The number of hydrogen-bond donors (Lipinski definition) is 1. The molecule has 1 atom stereocenters. The number of likely N-dealkylation sites (tertiary alicyclic amines) is 1. The van der Waals surface area contributed by atoms with Crippen LogP contribution in [0.25, 0.3) is 0 Å². The molecule has 5 heteroatoms. The third-order valence-corrected chi connectivity index (χ3v) is 3.81. The Labute approximate surface area is 103 Å². The Morgan fingerprint density at radius 1 is 1.29 bits per heavy atom. The highest BCUT2D eigenvalue weighted by Gasteiger charge is 2.21. The molecule has 1 saturated heterocycles. The Hall–Kier alpha value is -0.780. The number of rotatable bonds is 3. The Bertz CT molecular complexity index is 388. The topological polar surface area (TPSA) is 40.5 Å². The van der Waals surface area contributed by atoms with Gasteiger partial charge in [-0.25, -0.2) is 8.60 Å². The molecular weight excluding hydrogens is 241 g/mol.